The maximum Gasteiger partial charge on any atom is 0.321 e. The van der Waals surface area contributed by atoms with Crippen molar-refractivity contribution in [3.8, 4) is 0 Å². The highest BCUT2D eigenvalue weighted by Gasteiger charge is 2.40. The summed E-state index contributed by atoms with van der Waals surface area (Å²) in [5.41, 5.74) is 3.93. The lowest BCUT2D eigenvalue weighted by Gasteiger charge is -2.35. The summed E-state index contributed by atoms with van der Waals surface area (Å²) in [5, 5.41) is 4.01. The zero-order valence-electron chi connectivity index (χ0n) is 19.4. The molecule has 2 amide bonds. The van der Waals surface area contributed by atoms with E-state index < -0.39 is 5.66 Å². The van der Waals surface area contributed by atoms with Crippen LogP contribution >= 0.6 is 11.8 Å². The standard InChI is InChI=1S/C26H32N4OS/c1-5-32-23-22(19-11-13-20(14-12-19)25(2,3)4)28-26(29-23)15-17-30(18-16-26)24(31)27-21-9-7-6-8-10-21/h6-14H,5,15-18H2,1-4H3,(H,27,31). The van der Waals surface area contributed by atoms with Crippen LogP contribution in [0, 0.1) is 0 Å². The third-order valence-corrected chi connectivity index (χ3v) is 6.86. The molecule has 0 aliphatic carbocycles. The number of anilines is 1. The van der Waals surface area contributed by atoms with Crippen LogP contribution in [0.4, 0.5) is 10.5 Å². The number of thioether (sulfide) groups is 1. The third kappa shape index (κ3) is 4.90. The van der Waals surface area contributed by atoms with E-state index in [2.05, 4.69) is 57.3 Å². The minimum absolute atomic E-state index is 0.0573. The number of hydrogen-bond acceptors (Lipinski definition) is 4. The van der Waals surface area contributed by atoms with Gasteiger partial charge in [-0.05, 0) is 28.9 Å². The number of likely N-dealkylation sites (tertiary alicyclic amines) is 1. The van der Waals surface area contributed by atoms with E-state index in [1.807, 2.05) is 35.2 Å². The number of urea groups is 1. The van der Waals surface area contributed by atoms with E-state index in [1.165, 1.54) is 5.56 Å². The van der Waals surface area contributed by atoms with E-state index in [-0.39, 0.29) is 11.4 Å². The number of nitrogens with one attached hydrogen (secondary N) is 1. The molecule has 2 aromatic rings. The van der Waals surface area contributed by atoms with E-state index in [4.69, 9.17) is 9.98 Å². The summed E-state index contributed by atoms with van der Waals surface area (Å²) in [5.74, 6) is 0.958. The molecule has 1 saturated heterocycles. The average Bonchev–Trinajstić information content (AvgIpc) is 3.12. The topological polar surface area (TPSA) is 57.1 Å². The predicted octanol–water partition coefficient (Wildman–Crippen LogP) is 5.96. The quantitative estimate of drug-likeness (QED) is 0.629. The summed E-state index contributed by atoms with van der Waals surface area (Å²) in [6, 6.07) is 18.3. The highest BCUT2D eigenvalue weighted by Crippen LogP contribution is 2.36. The zero-order valence-corrected chi connectivity index (χ0v) is 20.2. The first kappa shape index (κ1) is 22.6. The van der Waals surface area contributed by atoms with Crippen LogP contribution < -0.4 is 5.32 Å². The van der Waals surface area contributed by atoms with Crippen LogP contribution in [-0.4, -0.2) is 46.2 Å². The number of nitrogens with zero attached hydrogens (tertiary/aromatic N) is 3. The monoisotopic (exact) mass is 448 g/mol. The Balaban J connectivity index is 1.49. The summed E-state index contributed by atoms with van der Waals surface area (Å²) in [6.45, 7) is 10.1. The molecule has 0 aromatic heterocycles. The first-order chi connectivity index (χ1) is 15.3. The van der Waals surface area contributed by atoms with Gasteiger partial charge in [-0.3, -0.25) is 4.99 Å². The second-order valence-electron chi connectivity index (χ2n) is 9.40. The third-order valence-electron chi connectivity index (χ3n) is 6.01. The Labute approximate surface area is 195 Å². The summed E-state index contributed by atoms with van der Waals surface area (Å²) in [6.07, 6.45) is 1.49. The molecule has 1 N–H and O–H groups in total. The first-order valence-corrected chi connectivity index (χ1v) is 12.3. The molecule has 2 aliphatic heterocycles. The van der Waals surface area contributed by atoms with Crippen molar-refractivity contribution in [2.45, 2.75) is 51.6 Å². The lowest BCUT2D eigenvalue weighted by atomic mass is 9.86. The highest BCUT2D eigenvalue weighted by molar-refractivity contribution is 8.15. The lowest BCUT2D eigenvalue weighted by Crippen LogP contribution is -2.46. The summed E-state index contributed by atoms with van der Waals surface area (Å²) >= 11 is 1.75. The molecule has 0 bridgehead atoms. The normalized spacial score (nSPS) is 17.8. The number of rotatable bonds is 3. The number of carbonyl (C=O) groups excluding carboxylic acids is 1. The molecule has 0 unspecified atom stereocenters. The van der Waals surface area contributed by atoms with Gasteiger partial charge in [-0.25, -0.2) is 9.79 Å². The summed E-state index contributed by atoms with van der Waals surface area (Å²) in [4.78, 5) is 24.8. The Morgan fingerprint density at radius 2 is 1.69 bits per heavy atom. The summed E-state index contributed by atoms with van der Waals surface area (Å²) < 4.78 is 0. The molecule has 0 saturated carbocycles. The van der Waals surface area contributed by atoms with Gasteiger partial charge in [-0.15, -0.1) is 11.8 Å². The Bertz CT molecular complexity index is 1010. The lowest BCUT2D eigenvalue weighted by molar-refractivity contribution is 0.175. The van der Waals surface area contributed by atoms with Crippen molar-refractivity contribution in [3.05, 3.63) is 65.7 Å². The first-order valence-electron chi connectivity index (χ1n) is 11.3. The van der Waals surface area contributed by atoms with Gasteiger partial charge in [0.15, 0.2) is 5.66 Å². The van der Waals surface area contributed by atoms with E-state index in [1.54, 1.807) is 11.8 Å². The number of hydrogen-bond donors (Lipinski definition) is 1. The van der Waals surface area contributed by atoms with Crippen LogP contribution in [0.5, 0.6) is 0 Å². The van der Waals surface area contributed by atoms with Gasteiger partial charge in [-0.1, -0.05) is 70.2 Å². The second kappa shape index (κ2) is 9.10. The summed E-state index contributed by atoms with van der Waals surface area (Å²) in [7, 11) is 0. The van der Waals surface area contributed by atoms with Gasteiger partial charge in [0.2, 0.25) is 0 Å². The van der Waals surface area contributed by atoms with Crippen LogP contribution in [0.1, 0.15) is 51.7 Å². The Hall–Kier alpha value is -2.60. The van der Waals surface area contributed by atoms with Gasteiger partial charge in [0.05, 0.1) is 5.71 Å². The maximum absolute atomic E-state index is 12.7. The number of para-hydroxylation sites is 1. The molecule has 32 heavy (non-hydrogen) atoms. The number of carbonyl (C=O) groups is 1. The molecule has 2 heterocycles. The highest BCUT2D eigenvalue weighted by atomic mass is 32.2. The Kier molecular flexibility index (Phi) is 6.42. The maximum atomic E-state index is 12.7. The molecule has 1 fully saturated rings. The largest absolute Gasteiger partial charge is 0.324 e. The van der Waals surface area contributed by atoms with E-state index >= 15 is 0 Å². The van der Waals surface area contributed by atoms with Crippen molar-refractivity contribution < 1.29 is 4.79 Å². The van der Waals surface area contributed by atoms with Crippen molar-refractivity contribution in [2.24, 2.45) is 9.98 Å². The number of benzene rings is 2. The fraction of sp³-hybridized carbons (Fsp3) is 0.423. The number of amides is 2. The van der Waals surface area contributed by atoms with Gasteiger partial charge < -0.3 is 10.2 Å². The molecule has 4 rings (SSSR count). The molecule has 2 aliphatic rings. The smallest absolute Gasteiger partial charge is 0.321 e. The number of piperidine rings is 1. The van der Waals surface area contributed by atoms with Crippen LogP contribution in [0.2, 0.25) is 0 Å². The zero-order chi connectivity index (χ0) is 22.8. The minimum atomic E-state index is -0.445. The Morgan fingerprint density at radius 1 is 1.03 bits per heavy atom. The molecule has 0 atom stereocenters. The molecule has 168 valence electrons. The van der Waals surface area contributed by atoms with Gasteiger partial charge in [-0.2, -0.15) is 0 Å². The van der Waals surface area contributed by atoms with Crippen LogP contribution in [-0.2, 0) is 5.41 Å². The van der Waals surface area contributed by atoms with Gasteiger partial charge in [0.25, 0.3) is 0 Å². The van der Waals surface area contributed by atoms with Crippen molar-refractivity contribution in [3.63, 3.8) is 0 Å². The van der Waals surface area contributed by atoms with E-state index in [0.29, 0.717) is 13.1 Å². The fourth-order valence-electron chi connectivity index (χ4n) is 4.09. The SMILES string of the molecule is CCSC1=NC2(CCN(C(=O)Nc3ccccc3)CC2)N=C1c1ccc(C(C)(C)C)cc1. The molecule has 1 spiro atoms. The van der Waals surface area contributed by atoms with Crippen LogP contribution in [0.25, 0.3) is 0 Å². The van der Waals surface area contributed by atoms with Gasteiger partial charge in [0, 0.05) is 37.2 Å². The molecule has 5 nitrogen and oxygen atoms in total. The fourth-order valence-corrected chi connectivity index (χ4v) is 4.90. The number of aliphatic imine (C=N–C) groups is 2. The molecular formula is C26H32N4OS. The van der Waals surface area contributed by atoms with E-state index in [9.17, 15) is 4.79 Å². The minimum Gasteiger partial charge on any atom is -0.324 e. The van der Waals surface area contributed by atoms with Crippen molar-refractivity contribution in [1.29, 1.82) is 0 Å². The molecule has 2 aromatic carbocycles. The van der Waals surface area contributed by atoms with Crippen molar-refractivity contribution >= 4 is 34.2 Å². The van der Waals surface area contributed by atoms with E-state index in [0.717, 1.165) is 40.6 Å². The Morgan fingerprint density at radius 3 is 2.28 bits per heavy atom. The predicted molar refractivity (Wildman–Crippen MR) is 136 cm³/mol. The molecule has 6 heteroatoms. The average molecular weight is 449 g/mol. The molecule has 0 radical (unpaired) electrons. The van der Waals surface area contributed by atoms with Gasteiger partial charge in [0.1, 0.15) is 5.04 Å². The van der Waals surface area contributed by atoms with Crippen LogP contribution in [0.3, 0.4) is 0 Å². The van der Waals surface area contributed by atoms with Crippen molar-refractivity contribution in [2.75, 3.05) is 24.2 Å². The molecular weight excluding hydrogens is 416 g/mol. The van der Waals surface area contributed by atoms with Crippen LogP contribution in [0.15, 0.2) is 64.6 Å². The van der Waals surface area contributed by atoms with Crippen molar-refractivity contribution in [1.82, 2.24) is 4.90 Å². The van der Waals surface area contributed by atoms with Gasteiger partial charge >= 0.3 is 6.03 Å². The second-order valence-corrected chi connectivity index (χ2v) is 10.7.